The first-order valence-electron chi connectivity index (χ1n) is 10.2. The van der Waals surface area contributed by atoms with Crippen molar-refractivity contribution in [3.8, 4) is 0 Å². The van der Waals surface area contributed by atoms with Crippen LogP contribution in [0, 0.1) is 0 Å². The first-order chi connectivity index (χ1) is 13.7. The lowest BCUT2D eigenvalue weighted by Gasteiger charge is -2.42. The Hall–Kier alpha value is -0.890. The second-order valence-corrected chi connectivity index (χ2v) is 9.49. The predicted octanol–water partition coefficient (Wildman–Crippen LogP) is 3.01. The molecule has 7 heteroatoms. The van der Waals surface area contributed by atoms with Gasteiger partial charge in [-0.25, -0.2) is 0 Å². The Bertz CT molecular complexity index is 626. The zero-order valence-electron chi connectivity index (χ0n) is 17.4. The SMILES string of the molecule is CCNC(=NCC1(N2CCOCC2)CCSC1)N(C)Cc1ccc(SC)cc1. The van der Waals surface area contributed by atoms with Gasteiger partial charge in [0.1, 0.15) is 0 Å². The van der Waals surface area contributed by atoms with Crippen LogP contribution in [-0.2, 0) is 11.3 Å². The number of thioether (sulfide) groups is 2. The topological polar surface area (TPSA) is 40.1 Å². The normalized spacial score (nSPS) is 23.8. The van der Waals surface area contributed by atoms with Gasteiger partial charge in [0.2, 0.25) is 0 Å². The Morgan fingerprint density at radius 1 is 1.32 bits per heavy atom. The molecule has 1 N–H and O–H groups in total. The molecule has 2 aliphatic rings. The molecule has 0 aromatic heterocycles. The highest BCUT2D eigenvalue weighted by molar-refractivity contribution is 7.99. The largest absolute Gasteiger partial charge is 0.379 e. The standard InChI is InChI=1S/C21H34N4OS2/c1-4-22-20(24(2)15-18-5-7-19(27-3)8-6-18)23-16-21(9-14-28-17-21)25-10-12-26-13-11-25/h5-8H,4,9-17H2,1-3H3,(H,22,23). The molecule has 0 radical (unpaired) electrons. The third-order valence-electron chi connectivity index (χ3n) is 5.56. The molecule has 2 aliphatic heterocycles. The highest BCUT2D eigenvalue weighted by Crippen LogP contribution is 2.34. The number of hydrogen-bond acceptors (Lipinski definition) is 5. The summed E-state index contributed by atoms with van der Waals surface area (Å²) in [5.41, 5.74) is 1.50. The maximum Gasteiger partial charge on any atom is 0.194 e. The van der Waals surface area contributed by atoms with Gasteiger partial charge in [-0.15, -0.1) is 11.8 Å². The van der Waals surface area contributed by atoms with Crippen molar-refractivity contribution in [1.29, 1.82) is 0 Å². The van der Waals surface area contributed by atoms with Crippen molar-refractivity contribution in [2.45, 2.75) is 30.3 Å². The summed E-state index contributed by atoms with van der Waals surface area (Å²) in [4.78, 5) is 11.3. The third kappa shape index (κ3) is 5.59. The molecule has 156 valence electrons. The Morgan fingerprint density at radius 2 is 2.07 bits per heavy atom. The summed E-state index contributed by atoms with van der Waals surface area (Å²) in [5.74, 6) is 3.41. The van der Waals surface area contributed by atoms with E-state index in [2.05, 4.69) is 71.4 Å². The lowest BCUT2D eigenvalue weighted by atomic mass is 9.96. The van der Waals surface area contributed by atoms with Crippen LogP contribution < -0.4 is 5.32 Å². The van der Waals surface area contributed by atoms with E-state index >= 15 is 0 Å². The molecule has 5 nitrogen and oxygen atoms in total. The van der Waals surface area contributed by atoms with E-state index < -0.39 is 0 Å². The lowest BCUT2D eigenvalue weighted by Crippen LogP contribution is -2.56. The molecule has 0 bridgehead atoms. The summed E-state index contributed by atoms with van der Waals surface area (Å²) in [7, 11) is 2.13. The van der Waals surface area contributed by atoms with Gasteiger partial charge in [-0.3, -0.25) is 9.89 Å². The van der Waals surface area contributed by atoms with Gasteiger partial charge in [0.25, 0.3) is 0 Å². The van der Waals surface area contributed by atoms with Crippen LogP contribution in [0.25, 0.3) is 0 Å². The second kappa shape index (κ2) is 10.8. The maximum absolute atomic E-state index is 5.58. The Labute approximate surface area is 178 Å². The quantitative estimate of drug-likeness (QED) is 0.414. The highest BCUT2D eigenvalue weighted by atomic mass is 32.2. The minimum Gasteiger partial charge on any atom is -0.379 e. The van der Waals surface area contributed by atoms with Crippen LogP contribution in [-0.4, -0.2) is 85.5 Å². The highest BCUT2D eigenvalue weighted by Gasteiger charge is 2.40. The molecule has 0 spiro atoms. The summed E-state index contributed by atoms with van der Waals surface area (Å²) in [6, 6.07) is 8.83. The number of morpholine rings is 1. The minimum atomic E-state index is 0.190. The fourth-order valence-electron chi connectivity index (χ4n) is 3.88. The number of hydrogen-bond donors (Lipinski definition) is 1. The number of aliphatic imine (C=N–C) groups is 1. The molecule has 2 saturated heterocycles. The molecule has 1 atom stereocenters. The summed E-state index contributed by atoms with van der Waals surface area (Å²) >= 11 is 3.85. The monoisotopic (exact) mass is 422 g/mol. The molecule has 0 saturated carbocycles. The van der Waals surface area contributed by atoms with E-state index in [1.165, 1.54) is 28.4 Å². The van der Waals surface area contributed by atoms with E-state index in [9.17, 15) is 0 Å². The zero-order chi connectivity index (χ0) is 19.8. The lowest BCUT2D eigenvalue weighted by molar-refractivity contribution is -0.0105. The van der Waals surface area contributed by atoms with Crippen LogP contribution in [0.2, 0.25) is 0 Å². The van der Waals surface area contributed by atoms with Crippen molar-refractivity contribution < 1.29 is 4.74 Å². The van der Waals surface area contributed by atoms with E-state index in [0.29, 0.717) is 0 Å². The van der Waals surface area contributed by atoms with Crippen LogP contribution in [0.1, 0.15) is 18.9 Å². The summed E-state index contributed by atoms with van der Waals surface area (Å²) in [6.07, 6.45) is 3.34. The fraction of sp³-hybridized carbons (Fsp3) is 0.667. The summed E-state index contributed by atoms with van der Waals surface area (Å²) in [5, 5.41) is 3.49. The molecule has 2 fully saturated rings. The van der Waals surface area contributed by atoms with E-state index in [0.717, 1.165) is 51.9 Å². The maximum atomic E-state index is 5.58. The van der Waals surface area contributed by atoms with Crippen molar-refractivity contribution >= 4 is 29.5 Å². The van der Waals surface area contributed by atoms with Gasteiger partial charge in [-0.05, 0) is 43.0 Å². The molecular formula is C21H34N4OS2. The van der Waals surface area contributed by atoms with Gasteiger partial charge in [-0.2, -0.15) is 11.8 Å². The van der Waals surface area contributed by atoms with Crippen LogP contribution in [0.4, 0.5) is 0 Å². The van der Waals surface area contributed by atoms with Gasteiger partial charge < -0.3 is 15.0 Å². The molecule has 3 rings (SSSR count). The van der Waals surface area contributed by atoms with Crippen molar-refractivity contribution in [2.75, 3.05) is 64.2 Å². The Kier molecular flexibility index (Phi) is 8.38. The minimum absolute atomic E-state index is 0.190. The second-order valence-electron chi connectivity index (χ2n) is 7.50. The van der Waals surface area contributed by atoms with Gasteiger partial charge in [0.15, 0.2) is 5.96 Å². The van der Waals surface area contributed by atoms with Gasteiger partial charge in [0, 0.05) is 43.9 Å². The number of ether oxygens (including phenoxy) is 1. The van der Waals surface area contributed by atoms with Crippen molar-refractivity contribution in [2.24, 2.45) is 4.99 Å². The summed E-state index contributed by atoms with van der Waals surface area (Å²) in [6.45, 7) is 8.50. The Balaban J connectivity index is 1.69. The molecule has 0 aliphatic carbocycles. The molecular weight excluding hydrogens is 388 g/mol. The number of benzene rings is 1. The molecule has 1 aromatic rings. The first kappa shape index (κ1) is 21.8. The smallest absolute Gasteiger partial charge is 0.194 e. The number of rotatable bonds is 7. The average Bonchev–Trinajstić information content (AvgIpc) is 3.22. The van der Waals surface area contributed by atoms with Gasteiger partial charge in [-0.1, -0.05) is 12.1 Å². The van der Waals surface area contributed by atoms with E-state index in [4.69, 9.17) is 9.73 Å². The first-order valence-corrected chi connectivity index (χ1v) is 12.6. The Morgan fingerprint density at radius 3 is 2.68 bits per heavy atom. The fourth-order valence-corrected chi connectivity index (χ4v) is 5.75. The van der Waals surface area contributed by atoms with Crippen LogP contribution >= 0.6 is 23.5 Å². The predicted molar refractivity (Wildman–Crippen MR) is 123 cm³/mol. The van der Waals surface area contributed by atoms with Gasteiger partial charge in [0.05, 0.1) is 25.3 Å². The van der Waals surface area contributed by atoms with Crippen LogP contribution in [0.15, 0.2) is 34.2 Å². The van der Waals surface area contributed by atoms with E-state index in [1.807, 2.05) is 0 Å². The van der Waals surface area contributed by atoms with Crippen molar-refractivity contribution in [3.05, 3.63) is 29.8 Å². The molecule has 28 heavy (non-hydrogen) atoms. The summed E-state index contributed by atoms with van der Waals surface area (Å²) < 4.78 is 5.58. The van der Waals surface area contributed by atoms with Gasteiger partial charge >= 0.3 is 0 Å². The van der Waals surface area contributed by atoms with Crippen LogP contribution in [0.5, 0.6) is 0 Å². The third-order valence-corrected chi connectivity index (χ3v) is 7.54. The molecule has 2 heterocycles. The zero-order valence-corrected chi connectivity index (χ0v) is 19.1. The average molecular weight is 423 g/mol. The van der Waals surface area contributed by atoms with Crippen molar-refractivity contribution in [1.82, 2.24) is 15.1 Å². The molecule has 1 aromatic carbocycles. The van der Waals surface area contributed by atoms with E-state index in [-0.39, 0.29) is 5.54 Å². The van der Waals surface area contributed by atoms with E-state index in [1.54, 1.807) is 11.8 Å². The molecule has 0 amide bonds. The molecule has 1 unspecified atom stereocenters. The number of nitrogens with zero attached hydrogens (tertiary/aromatic N) is 3. The van der Waals surface area contributed by atoms with Crippen molar-refractivity contribution in [3.63, 3.8) is 0 Å². The number of nitrogens with one attached hydrogen (secondary N) is 1. The number of guanidine groups is 1. The van der Waals surface area contributed by atoms with Crippen LogP contribution in [0.3, 0.4) is 0 Å².